The van der Waals surface area contributed by atoms with Gasteiger partial charge in [0.25, 0.3) is 0 Å². The lowest BCUT2D eigenvalue weighted by atomic mass is 9.94. The predicted molar refractivity (Wildman–Crippen MR) is 71.7 cm³/mol. The number of nitrogens with two attached hydrogens (primary N) is 1. The van der Waals surface area contributed by atoms with E-state index in [9.17, 15) is 4.79 Å². The van der Waals surface area contributed by atoms with Crippen LogP contribution in [0, 0.1) is 5.92 Å². The van der Waals surface area contributed by atoms with E-state index >= 15 is 0 Å². The summed E-state index contributed by atoms with van der Waals surface area (Å²) in [5.41, 5.74) is 5.98. The van der Waals surface area contributed by atoms with Crippen molar-refractivity contribution in [3.63, 3.8) is 0 Å². The normalized spacial score (nSPS) is 25.4. The molecular weight excluding hydrogens is 232 g/mol. The highest BCUT2D eigenvalue weighted by atomic mass is 32.1. The molecule has 92 valence electrons. The molecule has 2 atom stereocenters. The second-order valence-corrected chi connectivity index (χ2v) is 5.54. The van der Waals surface area contributed by atoms with Gasteiger partial charge >= 0.3 is 0 Å². The summed E-state index contributed by atoms with van der Waals surface area (Å²) in [5, 5.41) is 2.00. The monoisotopic (exact) mass is 250 g/mol. The lowest BCUT2D eigenvalue weighted by Crippen LogP contribution is -2.49. The van der Waals surface area contributed by atoms with Crippen molar-refractivity contribution in [2.75, 3.05) is 13.1 Å². The molecule has 2 heterocycles. The van der Waals surface area contributed by atoms with E-state index in [2.05, 4.69) is 6.92 Å². The van der Waals surface area contributed by atoms with Crippen LogP contribution in [0.15, 0.2) is 23.6 Å². The summed E-state index contributed by atoms with van der Waals surface area (Å²) in [6.45, 7) is 3.64. The Hall–Kier alpha value is -1.13. The van der Waals surface area contributed by atoms with Crippen molar-refractivity contribution in [3.05, 3.63) is 28.5 Å². The average Bonchev–Trinajstić information content (AvgIpc) is 2.82. The number of likely N-dealkylation sites (tertiary alicyclic amines) is 1. The van der Waals surface area contributed by atoms with Crippen LogP contribution in [0.25, 0.3) is 6.08 Å². The minimum Gasteiger partial charge on any atom is -0.338 e. The number of piperidine rings is 1. The molecular formula is C13H18N2OS. The van der Waals surface area contributed by atoms with Gasteiger partial charge in [-0.2, -0.15) is 0 Å². The van der Waals surface area contributed by atoms with Crippen molar-refractivity contribution in [1.29, 1.82) is 0 Å². The molecule has 1 fully saturated rings. The van der Waals surface area contributed by atoms with Crippen molar-refractivity contribution >= 4 is 23.3 Å². The summed E-state index contributed by atoms with van der Waals surface area (Å²) in [6, 6.07) is 4.09. The first kappa shape index (κ1) is 12.3. The molecule has 0 aliphatic carbocycles. The first-order chi connectivity index (χ1) is 8.16. The van der Waals surface area contributed by atoms with Crippen molar-refractivity contribution in [2.45, 2.75) is 19.4 Å². The Morgan fingerprint density at radius 2 is 2.47 bits per heavy atom. The first-order valence-corrected chi connectivity index (χ1v) is 6.81. The molecule has 1 aliphatic rings. The van der Waals surface area contributed by atoms with Gasteiger partial charge in [-0.3, -0.25) is 4.79 Å². The molecule has 1 aromatic heterocycles. The molecule has 1 aliphatic heterocycles. The summed E-state index contributed by atoms with van der Waals surface area (Å²) in [7, 11) is 0. The standard InChI is InChI=1S/C13H18N2OS/c1-10-6-7-15(9-12(10)14)13(16)5-4-11-3-2-8-17-11/h2-5,8,10,12H,6-7,9,14H2,1H3. The third-order valence-electron chi connectivity index (χ3n) is 3.26. The third kappa shape index (κ3) is 3.17. The number of hydrogen-bond donors (Lipinski definition) is 1. The van der Waals surface area contributed by atoms with Crippen LogP contribution in [-0.4, -0.2) is 29.9 Å². The molecule has 1 amide bonds. The lowest BCUT2D eigenvalue weighted by Gasteiger charge is -2.34. The third-order valence-corrected chi connectivity index (χ3v) is 4.10. The van der Waals surface area contributed by atoms with Crippen LogP contribution in [0.3, 0.4) is 0 Å². The molecule has 0 spiro atoms. The topological polar surface area (TPSA) is 46.3 Å². The van der Waals surface area contributed by atoms with Gasteiger partial charge in [0.2, 0.25) is 5.91 Å². The largest absolute Gasteiger partial charge is 0.338 e. The average molecular weight is 250 g/mol. The Kier molecular flexibility index (Phi) is 3.97. The number of rotatable bonds is 2. The van der Waals surface area contributed by atoms with Gasteiger partial charge in [0.15, 0.2) is 0 Å². The lowest BCUT2D eigenvalue weighted by molar-refractivity contribution is -0.127. The van der Waals surface area contributed by atoms with E-state index in [1.807, 2.05) is 28.5 Å². The Balaban J connectivity index is 1.92. The molecule has 2 unspecified atom stereocenters. The molecule has 4 heteroatoms. The fourth-order valence-electron chi connectivity index (χ4n) is 1.94. The van der Waals surface area contributed by atoms with Crippen LogP contribution < -0.4 is 5.73 Å². The van der Waals surface area contributed by atoms with E-state index in [1.165, 1.54) is 0 Å². The Morgan fingerprint density at radius 3 is 3.12 bits per heavy atom. The van der Waals surface area contributed by atoms with Crippen molar-refractivity contribution in [1.82, 2.24) is 4.90 Å². The summed E-state index contributed by atoms with van der Waals surface area (Å²) in [6.07, 6.45) is 4.52. The zero-order valence-corrected chi connectivity index (χ0v) is 10.8. The van der Waals surface area contributed by atoms with Crippen LogP contribution in [0.5, 0.6) is 0 Å². The number of carbonyl (C=O) groups is 1. The molecule has 2 N–H and O–H groups in total. The number of carbonyl (C=O) groups excluding carboxylic acids is 1. The Morgan fingerprint density at radius 1 is 1.65 bits per heavy atom. The van der Waals surface area contributed by atoms with Gasteiger partial charge in [0, 0.05) is 30.1 Å². The molecule has 0 radical (unpaired) electrons. The zero-order valence-electron chi connectivity index (χ0n) is 10.0. The van der Waals surface area contributed by atoms with E-state index in [0.29, 0.717) is 12.5 Å². The van der Waals surface area contributed by atoms with Gasteiger partial charge in [-0.1, -0.05) is 13.0 Å². The van der Waals surface area contributed by atoms with E-state index < -0.39 is 0 Å². The summed E-state index contributed by atoms with van der Waals surface area (Å²) in [4.78, 5) is 14.9. The van der Waals surface area contributed by atoms with Crippen LogP contribution in [0.1, 0.15) is 18.2 Å². The van der Waals surface area contributed by atoms with Gasteiger partial charge in [0.1, 0.15) is 0 Å². The van der Waals surface area contributed by atoms with E-state index in [0.717, 1.165) is 17.8 Å². The molecule has 0 bridgehead atoms. The minimum atomic E-state index is 0.0701. The maximum absolute atomic E-state index is 11.9. The SMILES string of the molecule is CC1CCN(C(=O)C=Cc2cccs2)CC1N. The van der Waals surface area contributed by atoms with Crippen molar-refractivity contribution in [3.8, 4) is 0 Å². The van der Waals surface area contributed by atoms with Crippen LogP contribution in [0.2, 0.25) is 0 Å². The van der Waals surface area contributed by atoms with Crippen molar-refractivity contribution in [2.24, 2.45) is 11.7 Å². The van der Waals surface area contributed by atoms with Crippen LogP contribution >= 0.6 is 11.3 Å². The fraction of sp³-hybridized carbons (Fsp3) is 0.462. The Labute approximate surface area is 106 Å². The quantitative estimate of drug-likeness (QED) is 0.816. The molecule has 1 saturated heterocycles. The zero-order chi connectivity index (χ0) is 12.3. The highest BCUT2D eigenvalue weighted by Gasteiger charge is 2.24. The molecule has 0 aromatic carbocycles. The number of thiophene rings is 1. The summed E-state index contributed by atoms with van der Waals surface area (Å²) >= 11 is 1.63. The van der Waals surface area contributed by atoms with E-state index in [-0.39, 0.29) is 11.9 Å². The fourth-order valence-corrected chi connectivity index (χ4v) is 2.56. The molecule has 0 saturated carbocycles. The van der Waals surface area contributed by atoms with Gasteiger partial charge in [-0.05, 0) is 29.9 Å². The second kappa shape index (κ2) is 5.47. The summed E-state index contributed by atoms with van der Waals surface area (Å²) < 4.78 is 0. The maximum atomic E-state index is 11.9. The highest BCUT2D eigenvalue weighted by molar-refractivity contribution is 7.10. The van der Waals surface area contributed by atoms with Gasteiger partial charge in [-0.25, -0.2) is 0 Å². The van der Waals surface area contributed by atoms with Gasteiger partial charge in [-0.15, -0.1) is 11.3 Å². The Bertz CT molecular complexity index is 400. The van der Waals surface area contributed by atoms with Crippen LogP contribution in [0.4, 0.5) is 0 Å². The predicted octanol–water partition coefficient (Wildman–Crippen LogP) is 1.96. The summed E-state index contributed by atoms with van der Waals surface area (Å²) in [5.74, 6) is 0.584. The highest BCUT2D eigenvalue weighted by Crippen LogP contribution is 2.16. The second-order valence-electron chi connectivity index (χ2n) is 4.56. The molecule has 17 heavy (non-hydrogen) atoms. The molecule has 2 rings (SSSR count). The van der Waals surface area contributed by atoms with Gasteiger partial charge < -0.3 is 10.6 Å². The van der Waals surface area contributed by atoms with Crippen molar-refractivity contribution < 1.29 is 4.79 Å². The number of hydrogen-bond acceptors (Lipinski definition) is 3. The number of nitrogens with zero attached hydrogens (tertiary/aromatic N) is 1. The van der Waals surface area contributed by atoms with Gasteiger partial charge in [0.05, 0.1) is 0 Å². The smallest absolute Gasteiger partial charge is 0.246 e. The van der Waals surface area contributed by atoms with E-state index in [4.69, 9.17) is 5.73 Å². The molecule has 1 aromatic rings. The maximum Gasteiger partial charge on any atom is 0.246 e. The minimum absolute atomic E-state index is 0.0701. The first-order valence-electron chi connectivity index (χ1n) is 5.93. The molecule has 3 nitrogen and oxygen atoms in total. The number of amides is 1. The van der Waals surface area contributed by atoms with E-state index in [1.54, 1.807) is 17.4 Å². The van der Waals surface area contributed by atoms with Crippen LogP contribution in [-0.2, 0) is 4.79 Å².